The second-order valence-electron chi connectivity index (χ2n) is 6.97. The van der Waals surface area contributed by atoms with Gasteiger partial charge in [-0.25, -0.2) is 0 Å². The normalized spacial score (nSPS) is 21.9. The standard InChI is InChI=1S/C19H27N3O3/c1-14-12-22(10-11-25-14)13-18(23)21-17-9-5-4-8-16(17)19(24)20-15-6-2-3-7-15/h4-5,8-9,14-15H,2-3,6-7,10-13H2,1H3,(H,20,24)(H,21,23)/t14-/m1/s1. The fourth-order valence-electron chi connectivity index (χ4n) is 3.55. The number of para-hydroxylation sites is 1. The summed E-state index contributed by atoms with van der Waals surface area (Å²) in [7, 11) is 0. The third-order valence-corrected chi connectivity index (χ3v) is 4.83. The molecule has 1 aliphatic heterocycles. The van der Waals surface area contributed by atoms with Crippen LogP contribution in [0.4, 0.5) is 5.69 Å². The molecule has 2 amide bonds. The molecular weight excluding hydrogens is 318 g/mol. The van der Waals surface area contributed by atoms with E-state index < -0.39 is 0 Å². The van der Waals surface area contributed by atoms with Gasteiger partial charge in [-0.15, -0.1) is 0 Å². The SMILES string of the molecule is C[C@@H]1CN(CC(=O)Nc2ccccc2C(=O)NC2CCCC2)CCO1. The quantitative estimate of drug-likeness (QED) is 0.856. The van der Waals surface area contributed by atoms with Gasteiger partial charge in [-0.1, -0.05) is 25.0 Å². The Balaban J connectivity index is 1.59. The van der Waals surface area contributed by atoms with E-state index in [2.05, 4.69) is 15.5 Å². The molecule has 1 atom stereocenters. The Morgan fingerprint density at radius 3 is 2.76 bits per heavy atom. The van der Waals surface area contributed by atoms with E-state index in [1.54, 1.807) is 12.1 Å². The van der Waals surface area contributed by atoms with Gasteiger partial charge in [0.1, 0.15) is 0 Å². The summed E-state index contributed by atoms with van der Waals surface area (Å²) in [6.07, 6.45) is 4.55. The molecule has 136 valence electrons. The molecule has 0 unspecified atom stereocenters. The van der Waals surface area contributed by atoms with E-state index >= 15 is 0 Å². The number of nitrogens with zero attached hydrogens (tertiary/aromatic N) is 1. The zero-order valence-electron chi connectivity index (χ0n) is 14.8. The third-order valence-electron chi connectivity index (χ3n) is 4.83. The zero-order valence-corrected chi connectivity index (χ0v) is 14.8. The van der Waals surface area contributed by atoms with Crippen LogP contribution in [0.3, 0.4) is 0 Å². The first-order valence-electron chi connectivity index (χ1n) is 9.15. The average Bonchev–Trinajstić information content (AvgIpc) is 3.08. The molecule has 1 saturated heterocycles. The molecule has 25 heavy (non-hydrogen) atoms. The molecule has 2 aliphatic rings. The summed E-state index contributed by atoms with van der Waals surface area (Å²) in [5, 5.41) is 5.98. The topological polar surface area (TPSA) is 70.7 Å². The Kier molecular flexibility index (Phi) is 6.04. The Hall–Kier alpha value is -1.92. The highest BCUT2D eigenvalue weighted by atomic mass is 16.5. The van der Waals surface area contributed by atoms with Gasteiger partial charge in [-0.3, -0.25) is 14.5 Å². The number of amides is 2. The van der Waals surface area contributed by atoms with Crippen LogP contribution in [0.2, 0.25) is 0 Å². The number of hydrogen-bond acceptors (Lipinski definition) is 4. The maximum atomic E-state index is 12.5. The number of morpholine rings is 1. The number of rotatable bonds is 5. The summed E-state index contributed by atoms with van der Waals surface area (Å²) in [4.78, 5) is 27.0. The molecule has 1 heterocycles. The van der Waals surface area contributed by atoms with Crippen molar-refractivity contribution in [3.05, 3.63) is 29.8 Å². The average molecular weight is 345 g/mol. The number of hydrogen-bond donors (Lipinski definition) is 2. The number of benzene rings is 1. The summed E-state index contributed by atoms with van der Waals surface area (Å²) in [6, 6.07) is 7.45. The van der Waals surface area contributed by atoms with Crippen molar-refractivity contribution in [3.63, 3.8) is 0 Å². The lowest BCUT2D eigenvalue weighted by Crippen LogP contribution is -2.44. The van der Waals surface area contributed by atoms with E-state index in [1.165, 1.54) is 12.8 Å². The predicted octanol–water partition coefficient (Wildman–Crippen LogP) is 2.02. The Morgan fingerprint density at radius 2 is 2.00 bits per heavy atom. The smallest absolute Gasteiger partial charge is 0.253 e. The van der Waals surface area contributed by atoms with Gasteiger partial charge < -0.3 is 15.4 Å². The molecule has 3 rings (SSSR count). The predicted molar refractivity (Wildman–Crippen MR) is 96.6 cm³/mol. The summed E-state index contributed by atoms with van der Waals surface area (Å²) in [5.41, 5.74) is 1.10. The van der Waals surface area contributed by atoms with E-state index in [0.717, 1.165) is 25.9 Å². The van der Waals surface area contributed by atoms with Gasteiger partial charge >= 0.3 is 0 Å². The van der Waals surface area contributed by atoms with Crippen molar-refractivity contribution >= 4 is 17.5 Å². The molecule has 1 aliphatic carbocycles. The van der Waals surface area contributed by atoms with Gasteiger partial charge in [0.2, 0.25) is 5.91 Å². The number of carbonyl (C=O) groups is 2. The largest absolute Gasteiger partial charge is 0.376 e. The van der Waals surface area contributed by atoms with Crippen LogP contribution in [0.25, 0.3) is 0 Å². The van der Waals surface area contributed by atoms with Crippen molar-refractivity contribution in [3.8, 4) is 0 Å². The molecule has 6 nitrogen and oxygen atoms in total. The number of nitrogens with one attached hydrogen (secondary N) is 2. The van der Waals surface area contributed by atoms with Crippen LogP contribution in [0.5, 0.6) is 0 Å². The van der Waals surface area contributed by atoms with Crippen molar-refractivity contribution in [1.82, 2.24) is 10.2 Å². The minimum absolute atomic E-state index is 0.102. The monoisotopic (exact) mass is 345 g/mol. The van der Waals surface area contributed by atoms with E-state index in [1.807, 2.05) is 19.1 Å². The summed E-state index contributed by atoms with van der Waals surface area (Å²) in [5.74, 6) is -0.210. The van der Waals surface area contributed by atoms with E-state index in [0.29, 0.717) is 24.4 Å². The first-order valence-corrected chi connectivity index (χ1v) is 9.15. The Labute approximate surface area is 148 Å². The van der Waals surface area contributed by atoms with Crippen molar-refractivity contribution < 1.29 is 14.3 Å². The lowest BCUT2D eigenvalue weighted by atomic mass is 10.1. The molecule has 6 heteroatoms. The Morgan fingerprint density at radius 1 is 1.24 bits per heavy atom. The molecule has 0 aromatic heterocycles. The maximum absolute atomic E-state index is 12.5. The molecule has 2 fully saturated rings. The lowest BCUT2D eigenvalue weighted by Gasteiger charge is -2.30. The fraction of sp³-hybridized carbons (Fsp3) is 0.579. The highest BCUT2D eigenvalue weighted by Gasteiger charge is 2.22. The van der Waals surface area contributed by atoms with Crippen LogP contribution >= 0.6 is 0 Å². The van der Waals surface area contributed by atoms with Crippen molar-refractivity contribution in [1.29, 1.82) is 0 Å². The zero-order chi connectivity index (χ0) is 17.6. The van der Waals surface area contributed by atoms with Crippen LogP contribution in [-0.4, -0.2) is 55.1 Å². The van der Waals surface area contributed by atoms with Crippen molar-refractivity contribution in [2.75, 3.05) is 31.6 Å². The first-order chi connectivity index (χ1) is 12.1. The Bertz CT molecular complexity index is 614. The van der Waals surface area contributed by atoms with Crippen LogP contribution in [0.15, 0.2) is 24.3 Å². The van der Waals surface area contributed by atoms with Gasteiger partial charge in [-0.2, -0.15) is 0 Å². The van der Waals surface area contributed by atoms with Crippen LogP contribution in [0.1, 0.15) is 43.0 Å². The number of carbonyl (C=O) groups excluding carboxylic acids is 2. The summed E-state index contributed by atoms with van der Waals surface area (Å²) in [6.45, 7) is 4.46. The maximum Gasteiger partial charge on any atom is 0.253 e. The highest BCUT2D eigenvalue weighted by molar-refractivity contribution is 6.04. The van der Waals surface area contributed by atoms with Gasteiger partial charge in [-0.05, 0) is 31.9 Å². The molecule has 0 spiro atoms. The molecular formula is C19H27N3O3. The lowest BCUT2D eigenvalue weighted by molar-refractivity contribution is -0.119. The minimum Gasteiger partial charge on any atom is -0.376 e. The molecule has 1 saturated carbocycles. The van der Waals surface area contributed by atoms with Gasteiger partial charge in [0.25, 0.3) is 5.91 Å². The van der Waals surface area contributed by atoms with E-state index in [4.69, 9.17) is 4.74 Å². The van der Waals surface area contributed by atoms with E-state index in [9.17, 15) is 9.59 Å². The molecule has 0 bridgehead atoms. The second kappa shape index (κ2) is 8.45. The summed E-state index contributed by atoms with van der Waals surface area (Å²) < 4.78 is 5.50. The molecule has 2 N–H and O–H groups in total. The minimum atomic E-state index is -0.109. The molecule has 0 radical (unpaired) electrons. The van der Waals surface area contributed by atoms with Crippen LogP contribution in [0, 0.1) is 0 Å². The molecule has 1 aromatic carbocycles. The van der Waals surface area contributed by atoms with E-state index in [-0.39, 0.29) is 24.0 Å². The third kappa shape index (κ3) is 5.03. The van der Waals surface area contributed by atoms with Gasteiger partial charge in [0.05, 0.1) is 30.5 Å². The number of anilines is 1. The second-order valence-corrected chi connectivity index (χ2v) is 6.97. The number of ether oxygens (including phenoxy) is 1. The van der Waals surface area contributed by atoms with Gasteiger partial charge in [0, 0.05) is 19.1 Å². The highest BCUT2D eigenvalue weighted by Crippen LogP contribution is 2.20. The van der Waals surface area contributed by atoms with Crippen LogP contribution < -0.4 is 10.6 Å². The summed E-state index contributed by atoms with van der Waals surface area (Å²) >= 11 is 0. The van der Waals surface area contributed by atoms with Crippen molar-refractivity contribution in [2.24, 2.45) is 0 Å². The van der Waals surface area contributed by atoms with Crippen LogP contribution in [-0.2, 0) is 9.53 Å². The van der Waals surface area contributed by atoms with Crippen molar-refractivity contribution in [2.45, 2.75) is 44.8 Å². The molecule has 1 aromatic rings. The van der Waals surface area contributed by atoms with Gasteiger partial charge in [0.15, 0.2) is 0 Å². The fourth-order valence-corrected chi connectivity index (χ4v) is 3.55. The first kappa shape index (κ1) is 17.9.